The van der Waals surface area contributed by atoms with E-state index >= 15 is 0 Å². The van der Waals surface area contributed by atoms with Crippen LogP contribution in [0, 0.1) is 6.92 Å². The molecule has 1 aromatic heterocycles. The van der Waals surface area contributed by atoms with Gasteiger partial charge in [-0.3, -0.25) is 4.79 Å². The van der Waals surface area contributed by atoms with Gasteiger partial charge in [0.25, 0.3) is 0 Å². The molecule has 0 aliphatic carbocycles. The van der Waals surface area contributed by atoms with Gasteiger partial charge in [-0.2, -0.15) is 13.2 Å². The average Bonchev–Trinajstić information content (AvgIpc) is 3.05. The molecule has 0 atom stereocenters. The van der Waals surface area contributed by atoms with Gasteiger partial charge in [0, 0.05) is 31.6 Å². The van der Waals surface area contributed by atoms with Crippen molar-refractivity contribution in [3.05, 3.63) is 41.9 Å². The topological polar surface area (TPSA) is 64.4 Å². The number of nitrogens with zero attached hydrogens (tertiary/aromatic N) is 1. The van der Waals surface area contributed by atoms with Crippen molar-refractivity contribution in [3.63, 3.8) is 0 Å². The monoisotopic (exact) mass is 370 g/mol. The number of benzene rings is 1. The summed E-state index contributed by atoms with van der Waals surface area (Å²) in [5.41, 5.74) is 2.06. The fourth-order valence-electron chi connectivity index (χ4n) is 2.18. The van der Waals surface area contributed by atoms with Crippen LogP contribution in [0.2, 0.25) is 0 Å². The second-order valence-electron chi connectivity index (χ2n) is 5.86. The first-order valence-corrected chi connectivity index (χ1v) is 8.26. The molecule has 2 rings (SSSR count). The molecule has 1 aromatic carbocycles. The molecular weight excluding hydrogens is 349 g/mol. The first-order chi connectivity index (χ1) is 12.3. The van der Waals surface area contributed by atoms with E-state index in [1.807, 2.05) is 31.2 Å². The third-order valence-corrected chi connectivity index (χ3v) is 3.51. The summed E-state index contributed by atoms with van der Waals surface area (Å²) in [6.45, 7) is 0.932. The van der Waals surface area contributed by atoms with Crippen LogP contribution in [0.15, 0.2) is 34.9 Å². The molecule has 1 N–H and O–H groups in total. The van der Waals surface area contributed by atoms with Crippen molar-refractivity contribution in [3.8, 4) is 11.3 Å². The number of aromatic nitrogens is 1. The number of oxazole rings is 1. The number of amides is 1. The zero-order valence-corrected chi connectivity index (χ0v) is 14.4. The van der Waals surface area contributed by atoms with Crippen LogP contribution in [0.25, 0.3) is 11.3 Å². The van der Waals surface area contributed by atoms with Crippen molar-refractivity contribution in [2.24, 2.45) is 0 Å². The molecule has 5 nitrogen and oxygen atoms in total. The smallest absolute Gasteiger partial charge is 0.411 e. The number of aryl methyl sites for hydroxylation is 2. The van der Waals surface area contributed by atoms with Gasteiger partial charge in [0.1, 0.15) is 6.61 Å². The second kappa shape index (κ2) is 9.38. The number of carbonyl (C=O) groups excluding carboxylic acids is 1. The van der Waals surface area contributed by atoms with Crippen LogP contribution in [-0.2, 0) is 16.0 Å². The number of alkyl halides is 3. The van der Waals surface area contributed by atoms with Crippen LogP contribution in [0.5, 0.6) is 0 Å². The SMILES string of the molecule is Cc1ccc(-c2cnc(CCC(=O)NCCCOCC(F)(F)F)o2)cc1. The Balaban J connectivity index is 1.64. The molecule has 8 heteroatoms. The molecule has 0 radical (unpaired) electrons. The van der Waals surface area contributed by atoms with E-state index in [0.29, 0.717) is 24.5 Å². The Bertz CT molecular complexity index is 696. The minimum absolute atomic E-state index is 0.0561. The maximum atomic E-state index is 11.9. The summed E-state index contributed by atoms with van der Waals surface area (Å²) >= 11 is 0. The van der Waals surface area contributed by atoms with Gasteiger partial charge in [-0.15, -0.1) is 0 Å². The first kappa shape index (κ1) is 20.0. The third kappa shape index (κ3) is 7.26. The van der Waals surface area contributed by atoms with Gasteiger partial charge in [0.2, 0.25) is 5.91 Å². The lowest BCUT2D eigenvalue weighted by molar-refractivity contribution is -0.174. The number of hydrogen-bond acceptors (Lipinski definition) is 4. The molecule has 0 aliphatic heterocycles. The highest BCUT2D eigenvalue weighted by molar-refractivity contribution is 5.76. The van der Waals surface area contributed by atoms with Crippen LogP contribution in [0.4, 0.5) is 13.2 Å². The van der Waals surface area contributed by atoms with E-state index in [4.69, 9.17) is 4.42 Å². The number of rotatable bonds is 9. The first-order valence-electron chi connectivity index (χ1n) is 8.26. The van der Waals surface area contributed by atoms with Crippen molar-refractivity contribution in [2.45, 2.75) is 32.4 Å². The predicted molar refractivity (Wildman–Crippen MR) is 89.5 cm³/mol. The molecule has 0 spiro atoms. The summed E-state index contributed by atoms with van der Waals surface area (Å²) in [4.78, 5) is 15.9. The van der Waals surface area contributed by atoms with Crippen LogP contribution in [-0.4, -0.2) is 36.8 Å². The highest BCUT2D eigenvalue weighted by Gasteiger charge is 2.27. The van der Waals surface area contributed by atoms with Crippen molar-refractivity contribution in [1.82, 2.24) is 10.3 Å². The molecule has 0 aliphatic rings. The van der Waals surface area contributed by atoms with E-state index in [0.717, 1.165) is 11.1 Å². The third-order valence-electron chi connectivity index (χ3n) is 3.51. The van der Waals surface area contributed by atoms with Gasteiger partial charge in [0.05, 0.1) is 6.20 Å². The number of nitrogens with one attached hydrogen (secondary N) is 1. The van der Waals surface area contributed by atoms with Gasteiger partial charge < -0.3 is 14.5 Å². The standard InChI is InChI=1S/C18H21F3N2O3/c1-13-3-5-14(6-4-13)15-11-23-17(26-15)8-7-16(24)22-9-2-10-25-12-18(19,20)21/h3-6,11H,2,7-10,12H2,1H3,(H,22,24). The van der Waals surface area contributed by atoms with Crippen molar-refractivity contribution in [2.75, 3.05) is 19.8 Å². The van der Waals surface area contributed by atoms with Gasteiger partial charge >= 0.3 is 6.18 Å². The minimum atomic E-state index is -4.32. The molecule has 0 bridgehead atoms. The molecule has 0 saturated carbocycles. The van der Waals surface area contributed by atoms with E-state index in [1.165, 1.54) is 0 Å². The Labute approximate surface area is 149 Å². The Morgan fingerprint density at radius 1 is 1.27 bits per heavy atom. The Morgan fingerprint density at radius 2 is 2.00 bits per heavy atom. The fourth-order valence-corrected chi connectivity index (χ4v) is 2.18. The normalized spacial score (nSPS) is 11.5. The lowest BCUT2D eigenvalue weighted by atomic mass is 10.1. The molecule has 1 amide bonds. The Kier molecular flexibility index (Phi) is 7.20. The summed E-state index contributed by atoms with van der Waals surface area (Å²) in [6.07, 6.45) is -1.84. The highest BCUT2D eigenvalue weighted by Crippen LogP contribution is 2.21. The summed E-state index contributed by atoms with van der Waals surface area (Å²) in [5, 5.41) is 2.63. The lowest BCUT2D eigenvalue weighted by Gasteiger charge is -2.08. The van der Waals surface area contributed by atoms with Gasteiger partial charge in [0.15, 0.2) is 11.7 Å². The van der Waals surface area contributed by atoms with E-state index in [9.17, 15) is 18.0 Å². The molecule has 0 fully saturated rings. The maximum Gasteiger partial charge on any atom is 0.411 e. The lowest BCUT2D eigenvalue weighted by Crippen LogP contribution is -2.26. The van der Waals surface area contributed by atoms with Crippen molar-refractivity contribution >= 4 is 5.91 Å². The molecule has 2 aromatic rings. The van der Waals surface area contributed by atoms with Crippen LogP contribution >= 0.6 is 0 Å². The summed E-state index contributed by atoms with van der Waals surface area (Å²) in [5.74, 6) is 0.891. The Morgan fingerprint density at radius 3 is 2.69 bits per heavy atom. The fraction of sp³-hybridized carbons (Fsp3) is 0.444. The van der Waals surface area contributed by atoms with E-state index in [-0.39, 0.29) is 25.5 Å². The van der Waals surface area contributed by atoms with Crippen molar-refractivity contribution < 1.29 is 27.1 Å². The minimum Gasteiger partial charge on any atom is -0.441 e. The molecular formula is C18H21F3N2O3. The average molecular weight is 370 g/mol. The van der Waals surface area contributed by atoms with Crippen LogP contribution < -0.4 is 5.32 Å². The summed E-state index contributed by atoms with van der Waals surface area (Å²) in [6, 6.07) is 7.83. The Hall–Kier alpha value is -2.35. The van der Waals surface area contributed by atoms with E-state index in [2.05, 4.69) is 15.0 Å². The number of hydrogen-bond donors (Lipinski definition) is 1. The maximum absolute atomic E-state index is 11.9. The zero-order chi connectivity index (χ0) is 19.0. The molecule has 142 valence electrons. The van der Waals surface area contributed by atoms with Gasteiger partial charge in [-0.25, -0.2) is 4.98 Å². The zero-order valence-electron chi connectivity index (χ0n) is 14.4. The molecule has 0 saturated heterocycles. The number of halogens is 3. The molecule has 1 heterocycles. The van der Waals surface area contributed by atoms with Crippen LogP contribution in [0.3, 0.4) is 0 Å². The number of carbonyl (C=O) groups is 1. The summed E-state index contributed by atoms with van der Waals surface area (Å²) in [7, 11) is 0. The quantitative estimate of drug-likeness (QED) is 0.684. The molecule has 26 heavy (non-hydrogen) atoms. The van der Waals surface area contributed by atoms with E-state index in [1.54, 1.807) is 6.20 Å². The second-order valence-corrected chi connectivity index (χ2v) is 5.86. The van der Waals surface area contributed by atoms with Crippen molar-refractivity contribution in [1.29, 1.82) is 0 Å². The predicted octanol–water partition coefficient (Wildman–Crippen LogP) is 3.67. The highest BCUT2D eigenvalue weighted by atomic mass is 19.4. The number of ether oxygens (including phenoxy) is 1. The van der Waals surface area contributed by atoms with Crippen LogP contribution in [0.1, 0.15) is 24.3 Å². The largest absolute Gasteiger partial charge is 0.441 e. The summed E-state index contributed by atoms with van der Waals surface area (Å²) < 4.78 is 45.7. The molecule has 0 unspecified atom stereocenters. The van der Waals surface area contributed by atoms with Gasteiger partial charge in [-0.1, -0.05) is 29.8 Å². The van der Waals surface area contributed by atoms with Gasteiger partial charge in [-0.05, 0) is 13.3 Å². The van der Waals surface area contributed by atoms with E-state index < -0.39 is 12.8 Å².